The topological polar surface area (TPSA) is 33.1 Å². The largest absolute Gasteiger partial charge is 0.392 e. The van der Waals surface area contributed by atoms with Gasteiger partial charge in [-0.2, -0.15) is 0 Å². The first-order chi connectivity index (χ1) is 8.00. The monoisotopic (exact) mass is 379 g/mol. The van der Waals surface area contributed by atoms with Gasteiger partial charge in [-0.05, 0) is 43.5 Å². The molecule has 1 rings (SSSR count). The van der Waals surface area contributed by atoms with Crippen molar-refractivity contribution in [3.63, 3.8) is 0 Å². The van der Waals surface area contributed by atoms with E-state index in [1.165, 1.54) is 0 Å². The van der Waals surface area contributed by atoms with Gasteiger partial charge < -0.3 is 5.11 Å². The van der Waals surface area contributed by atoms with Crippen molar-refractivity contribution in [2.75, 3.05) is 0 Å². The van der Waals surface area contributed by atoms with Crippen molar-refractivity contribution < 1.29 is 5.11 Å². The molecule has 0 aromatic carbocycles. The van der Waals surface area contributed by atoms with Gasteiger partial charge in [0.15, 0.2) is 0 Å². The van der Waals surface area contributed by atoms with Crippen LogP contribution in [-0.4, -0.2) is 18.2 Å². The summed E-state index contributed by atoms with van der Waals surface area (Å²) in [6, 6.07) is 5.24. The lowest BCUT2D eigenvalue weighted by atomic mass is 10.3. The third-order valence-corrected chi connectivity index (χ3v) is 10.6. The van der Waals surface area contributed by atoms with E-state index in [2.05, 4.69) is 57.6 Å². The zero-order chi connectivity index (χ0) is 13.1. The normalized spacial score (nSPS) is 13.8. The van der Waals surface area contributed by atoms with Gasteiger partial charge in [0, 0.05) is 10.7 Å². The average molecular weight is 381 g/mol. The maximum atomic E-state index is 10.7. The standard InChI is InChI=1S/C12H19Br2NOSi/c1-4-17(5-2,6-3)12(16)9-7-11(14)15-8-10(9)13/h7-8,12,16H,4-6H2,1-3H3. The molecule has 96 valence electrons. The maximum Gasteiger partial charge on any atom is 0.106 e. The SMILES string of the molecule is CC[Si](CC)(CC)C(O)c1cc(Br)ncc1Br. The van der Waals surface area contributed by atoms with Crippen molar-refractivity contribution in [3.05, 3.63) is 26.9 Å². The number of hydrogen-bond donors (Lipinski definition) is 1. The van der Waals surface area contributed by atoms with Crippen molar-refractivity contribution in [1.82, 2.24) is 4.98 Å². The van der Waals surface area contributed by atoms with Crippen LogP contribution in [0.1, 0.15) is 32.1 Å². The first-order valence-corrected chi connectivity index (χ1v) is 10.3. The Morgan fingerprint density at radius 2 is 1.76 bits per heavy atom. The molecule has 1 unspecified atom stereocenters. The highest BCUT2D eigenvalue weighted by molar-refractivity contribution is 9.11. The molecule has 0 aliphatic rings. The molecule has 17 heavy (non-hydrogen) atoms. The van der Waals surface area contributed by atoms with E-state index in [-0.39, 0.29) is 5.73 Å². The van der Waals surface area contributed by atoms with Gasteiger partial charge in [0.25, 0.3) is 0 Å². The summed E-state index contributed by atoms with van der Waals surface area (Å²) in [6.07, 6.45) is 1.75. The van der Waals surface area contributed by atoms with E-state index < -0.39 is 8.07 Å². The molecule has 1 N–H and O–H groups in total. The van der Waals surface area contributed by atoms with E-state index in [0.717, 1.165) is 32.8 Å². The summed E-state index contributed by atoms with van der Waals surface area (Å²) >= 11 is 6.86. The number of aromatic nitrogens is 1. The molecule has 0 aliphatic carbocycles. The third kappa shape index (κ3) is 3.19. The Morgan fingerprint density at radius 1 is 1.24 bits per heavy atom. The molecule has 1 aromatic heterocycles. The van der Waals surface area contributed by atoms with E-state index in [1.54, 1.807) is 6.20 Å². The number of pyridine rings is 1. The summed E-state index contributed by atoms with van der Waals surface area (Å²) in [5, 5.41) is 10.7. The van der Waals surface area contributed by atoms with Crippen LogP contribution in [0.2, 0.25) is 18.1 Å². The molecule has 2 nitrogen and oxygen atoms in total. The van der Waals surface area contributed by atoms with Gasteiger partial charge in [0.05, 0.1) is 13.8 Å². The van der Waals surface area contributed by atoms with E-state index in [1.807, 2.05) is 6.07 Å². The van der Waals surface area contributed by atoms with Gasteiger partial charge in [-0.15, -0.1) is 0 Å². The van der Waals surface area contributed by atoms with Gasteiger partial charge in [0.1, 0.15) is 4.60 Å². The van der Waals surface area contributed by atoms with Crippen molar-refractivity contribution in [1.29, 1.82) is 0 Å². The molecule has 0 spiro atoms. The Balaban J connectivity index is 3.17. The fourth-order valence-corrected chi connectivity index (χ4v) is 6.85. The number of nitrogens with zero attached hydrogens (tertiary/aromatic N) is 1. The summed E-state index contributed by atoms with van der Waals surface area (Å²) in [5.41, 5.74) is 0.653. The fourth-order valence-electron chi connectivity index (χ4n) is 2.30. The summed E-state index contributed by atoms with van der Waals surface area (Å²) in [7, 11) is -1.64. The van der Waals surface area contributed by atoms with Gasteiger partial charge in [-0.1, -0.05) is 38.9 Å². The van der Waals surface area contributed by atoms with Crippen LogP contribution in [0.5, 0.6) is 0 Å². The fraction of sp³-hybridized carbons (Fsp3) is 0.583. The number of halogens is 2. The molecule has 0 aliphatic heterocycles. The molecule has 0 amide bonds. The highest BCUT2D eigenvalue weighted by Crippen LogP contribution is 2.37. The second-order valence-corrected chi connectivity index (χ2v) is 11.4. The molecule has 1 atom stereocenters. The molecule has 1 aromatic rings. The predicted octanol–water partition coefficient (Wildman–Crippen LogP) is 4.69. The second kappa shape index (κ2) is 6.45. The predicted molar refractivity (Wildman–Crippen MR) is 81.8 cm³/mol. The molecule has 5 heteroatoms. The van der Waals surface area contributed by atoms with Gasteiger partial charge in [0.2, 0.25) is 0 Å². The van der Waals surface area contributed by atoms with Crippen LogP contribution in [0.25, 0.3) is 0 Å². The molecular weight excluding hydrogens is 362 g/mol. The minimum Gasteiger partial charge on any atom is -0.392 e. The van der Waals surface area contributed by atoms with E-state index >= 15 is 0 Å². The first-order valence-electron chi connectivity index (χ1n) is 5.99. The van der Waals surface area contributed by atoms with Crippen molar-refractivity contribution in [3.8, 4) is 0 Å². The third-order valence-electron chi connectivity index (χ3n) is 3.84. The quantitative estimate of drug-likeness (QED) is 0.593. The van der Waals surface area contributed by atoms with Crippen LogP contribution in [0, 0.1) is 0 Å². The van der Waals surface area contributed by atoms with Crippen LogP contribution in [0.3, 0.4) is 0 Å². The molecule has 1 heterocycles. The van der Waals surface area contributed by atoms with Crippen LogP contribution in [-0.2, 0) is 0 Å². The van der Waals surface area contributed by atoms with Crippen molar-refractivity contribution in [2.45, 2.75) is 44.6 Å². The zero-order valence-corrected chi connectivity index (χ0v) is 14.7. The Morgan fingerprint density at radius 3 is 2.24 bits per heavy atom. The van der Waals surface area contributed by atoms with E-state index in [0.29, 0.717) is 0 Å². The number of aliphatic hydroxyl groups is 1. The molecule has 0 fully saturated rings. The average Bonchev–Trinajstić information content (AvgIpc) is 2.35. The lowest BCUT2D eigenvalue weighted by Crippen LogP contribution is -2.40. The Bertz CT molecular complexity index is 375. The minimum absolute atomic E-state index is 0.323. The smallest absolute Gasteiger partial charge is 0.106 e. The number of rotatable bonds is 5. The summed E-state index contributed by atoms with van der Waals surface area (Å²) in [5.74, 6) is 0. The summed E-state index contributed by atoms with van der Waals surface area (Å²) < 4.78 is 1.68. The molecular formula is C12H19Br2NOSi. The highest BCUT2D eigenvalue weighted by atomic mass is 79.9. The van der Waals surface area contributed by atoms with E-state index in [4.69, 9.17) is 0 Å². The molecule has 0 bridgehead atoms. The Kier molecular flexibility index (Phi) is 5.82. The Labute approximate surface area is 121 Å². The van der Waals surface area contributed by atoms with Gasteiger partial charge in [-0.3, -0.25) is 0 Å². The van der Waals surface area contributed by atoms with Gasteiger partial charge >= 0.3 is 0 Å². The summed E-state index contributed by atoms with van der Waals surface area (Å²) in [4.78, 5) is 4.16. The lowest BCUT2D eigenvalue weighted by molar-refractivity contribution is 0.245. The minimum atomic E-state index is -1.64. The van der Waals surface area contributed by atoms with Crippen LogP contribution in [0.4, 0.5) is 0 Å². The first kappa shape index (κ1) is 15.3. The second-order valence-electron chi connectivity index (χ2n) is 4.35. The lowest BCUT2D eigenvalue weighted by Gasteiger charge is -2.34. The number of hydrogen-bond acceptors (Lipinski definition) is 2. The van der Waals surface area contributed by atoms with Crippen LogP contribution >= 0.6 is 31.9 Å². The van der Waals surface area contributed by atoms with Gasteiger partial charge in [-0.25, -0.2) is 4.98 Å². The molecule has 0 saturated heterocycles. The van der Waals surface area contributed by atoms with Crippen molar-refractivity contribution >= 4 is 39.9 Å². The Hall–Kier alpha value is 0.287. The highest BCUT2D eigenvalue weighted by Gasteiger charge is 2.37. The summed E-state index contributed by atoms with van der Waals surface area (Å²) in [6.45, 7) is 6.60. The molecule has 0 saturated carbocycles. The van der Waals surface area contributed by atoms with E-state index in [9.17, 15) is 5.11 Å². The molecule has 0 radical (unpaired) electrons. The maximum absolute atomic E-state index is 10.7. The zero-order valence-electron chi connectivity index (χ0n) is 10.5. The van der Waals surface area contributed by atoms with Crippen molar-refractivity contribution in [2.24, 2.45) is 0 Å². The van der Waals surface area contributed by atoms with Crippen LogP contribution < -0.4 is 0 Å². The van der Waals surface area contributed by atoms with Crippen LogP contribution in [0.15, 0.2) is 21.3 Å². The number of aliphatic hydroxyl groups excluding tert-OH is 1.